The van der Waals surface area contributed by atoms with Crippen LogP contribution in [0.5, 0.6) is 0 Å². The van der Waals surface area contributed by atoms with Crippen LogP contribution in [0, 0.1) is 0 Å². The van der Waals surface area contributed by atoms with Crippen LogP contribution in [0.1, 0.15) is 0 Å². The van der Waals surface area contributed by atoms with Crippen LogP contribution >= 0.6 is 0 Å². The summed E-state index contributed by atoms with van der Waals surface area (Å²) in [7, 11) is 0. The van der Waals surface area contributed by atoms with E-state index in [2.05, 4.69) is 28.7 Å². The van der Waals surface area contributed by atoms with Crippen LogP contribution in [0.3, 0.4) is 0 Å². The Morgan fingerprint density at radius 2 is 2.07 bits per heavy atom. The van der Waals surface area contributed by atoms with Gasteiger partial charge in [-0.05, 0) is 12.2 Å². The molecule has 15 heavy (non-hydrogen) atoms. The van der Waals surface area contributed by atoms with Crippen molar-refractivity contribution in [3.8, 4) is 0 Å². The van der Waals surface area contributed by atoms with E-state index in [1.54, 1.807) is 12.2 Å². The number of hydrogen-bond donors (Lipinski definition) is 1. The zero-order valence-corrected chi connectivity index (χ0v) is 8.26. The van der Waals surface area contributed by atoms with Gasteiger partial charge in [0.15, 0.2) is 0 Å². The normalized spacial score (nSPS) is 10.8. The smallest absolute Gasteiger partial charge is 0.247 e. The number of carbonyl (C=O) groups excluding carboxylic acids is 1. The number of amides is 1. The zero-order valence-electron chi connectivity index (χ0n) is 8.26. The van der Waals surface area contributed by atoms with Gasteiger partial charge in [0.25, 0.3) is 0 Å². The second kappa shape index (κ2) is 5.54. The highest BCUT2D eigenvalue weighted by Crippen LogP contribution is 1.91. The standard InChI is InChI=1S/C10H12N4O/c1-3-5-9(4-2)13-10(15)8-14-11-6-7-12-14/h3-7H,1-2,8H2,(H,13,15)/b9-5+. The van der Waals surface area contributed by atoms with Crippen LogP contribution in [0.15, 0.2) is 49.5 Å². The van der Waals surface area contributed by atoms with Gasteiger partial charge in [0.05, 0.1) is 12.4 Å². The van der Waals surface area contributed by atoms with Crippen molar-refractivity contribution < 1.29 is 4.79 Å². The van der Waals surface area contributed by atoms with E-state index in [1.807, 2.05) is 0 Å². The van der Waals surface area contributed by atoms with Gasteiger partial charge in [0.2, 0.25) is 5.91 Å². The molecule has 0 saturated carbocycles. The van der Waals surface area contributed by atoms with Gasteiger partial charge < -0.3 is 5.32 Å². The molecule has 1 aromatic heterocycles. The lowest BCUT2D eigenvalue weighted by molar-refractivity contribution is -0.121. The van der Waals surface area contributed by atoms with Crippen LogP contribution in [0.4, 0.5) is 0 Å². The first-order valence-electron chi connectivity index (χ1n) is 4.35. The second-order valence-electron chi connectivity index (χ2n) is 2.67. The molecule has 1 heterocycles. The molecule has 0 aliphatic carbocycles. The summed E-state index contributed by atoms with van der Waals surface area (Å²) in [5, 5.41) is 10.3. The molecule has 5 heteroatoms. The Hall–Kier alpha value is -2.17. The van der Waals surface area contributed by atoms with E-state index in [1.165, 1.54) is 23.3 Å². The Kier molecular flexibility index (Phi) is 4.03. The van der Waals surface area contributed by atoms with Gasteiger partial charge in [-0.1, -0.05) is 19.2 Å². The number of rotatable bonds is 5. The third kappa shape index (κ3) is 3.60. The van der Waals surface area contributed by atoms with E-state index in [9.17, 15) is 4.79 Å². The highest BCUT2D eigenvalue weighted by Gasteiger charge is 2.03. The molecular weight excluding hydrogens is 192 g/mol. The van der Waals surface area contributed by atoms with Crippen LogP contribution in [0.2, 0.25) is 0 Å². The molecule has 0 aliphatic rings. The molecule has 78 valence electrons. The van der Waals surface area contributed by atoms with E-state index < -0.39 is 0 Å². The van der Waals surface area contributed by atoms with Gasteiger partial charge in [-0.25, -0.2) is 0 Å². The number of aromatic nitrogens is 3. The third-order valence-corrected chi connectivity index (χ3v) is 1.55. The Balaban J connectivity index is 2.52. The molecule has 0 bridgehead atoms. The summed E-state index contributed by atoms with van der Waals surface area (Å²) < 4.78 is 0. The van der Waals surface area contributed by atoms with E-state index in [-0.39, 0.29) is 12.5 Å². The number of carbonyl (C=O) groups is 1. The minimum atomic E-state index is -0.209. The first-order valence-corrected chi connectivity index (χ1v) is 4.35. The highest BCUT2D eigenvalue weighted by atomic mass is 16.2. The van der Waals surface area contributed by atoms with Crippen molar-refractivity contribution in [3.05, 3.63) is 49.5 Å². The number of nitrogens with one attached hydrogen (secondary N) is 1. The van der Waals surface area contributed by atoms with Crippen molar-refractivity contribution in [1.29, 1.82) is 0 Å². The molecule has 5 nitrogen and oxygen atoms in total. The van der Waals surface area contributed by atoms with Crippen molar-refractivity contribution in [3.63, 3.8) is 0 Å². The maximum Gasteiger partial charge on any atom is 0.247 e. The summed E-state index contributed by atoms with van der Waals surface area (Å²) in [5.41, 5.74) is 0.599. The lowest BCUT2D eigenvalue weighted by Gasteiger charge is -2.04. The van der Waals surface area contributed by atoms with Crippen molar-refractivity contribution in [2.24, 2.45) is 0 Å². The fourth-order valence-electron chi connectivity index (χ4n) is 0.942. The van der Waals surface area contributed by atoms with Gasteiger partial charge in [0.1, 0.15) is 6.54 Å². The molecule has 1 rings (SSSR count). The summed E-state index contributed by atoms with van der Waals surface area (Å²) >= 11 is 0. The number of allylic oxidation sites excluding steroid dienone is 3. The predicted octanol–water partition coefficient (Wildman–Crippen LogP) is 0.650. The first kappa shape index (κ1) is 10.9. The molecule has 0 aromatic carbocycles. The SMILES string of the molecule is C=C/C=C(\C=C)NC(=O)Cn1nccn1. The Labute approximate surface area is 87.8 Å². The van der Waals surface area contributed by atoms with Crippen LogP contribution in [-0.4, -0.2) is 20.9 Å². The van der Waals surface area contributed by atoms with E-state index in [0.29, 0.717) is 5.70 Å². The summed E-state index contributed by atoms with van der Waals surface area (Å²) in [4.78, 5) is 12.7. The number of hydrogen-bond acceptors (Lipinski definition) is 3. The maximum absolute atomic E-state index is 11.4. The molecule has 1 aromatic rings. The molecule has 1 amide bonds. The van der Waals surface area contributed by atoms with Crippen molar-refractivity contribution in [2.75, 3.05) is 0 Å². The minimum absolute atomic E-state index is 0.0787. The summed E-state index contributed by atoms with van der Waals surface area (Å²) in [6, 6.07) is 0. The average molecular weight is 204 g/mol. The molecule has 0 saturated heterocycles. The highest BCUT2D eigenvalue weighted by molar-refractivity contribution is 5.77. The summed E-state index contributed by atoms with van der Waals surface area (Å²) in [6.45, 7) is 7.17. The van der Waals surface area contributed by atoms with Gasteiger partial charge in [-0.15, -0.1) is 0 Å². The summed E-state index contributed by atoms with van der Waals surface area (Å²) in [5.74, 6) is -0.209. The predicted molar refractivity (Wildman–Crippen MR) is 56.6 cm³/mol. The Morgan fingerprint density at radius 3 is 2.60 bits per heavy atom. The van der Waals surface area contributed by atoms with E-state index in [0.717, 1.165) is 0 Å². The first-order chi connectivity index (χ1) is 7.26. The van der Waals surface area contributed by atoms with Crippen LogP contribution in [0.25, 0.3) is 0 Å². The minimum Gasteiger partial charge on any atom is -0.324 e. The molecule has 1 N–H and O–H groups in total. The second-order valence-corrected chi connectivity index (χ2v) is 2.67. The van der Waals surface area contributed by atoms with Gasteiger partial charge in [0, 0.05) is 5.70 Å². The average Bonchev–Trinajstić information content (AvgIpc) is 2.69. The van der Waals surface area contributed by atoms with Crippen molar-refractivity contribution in [1.82, 2.24) is 20.3 Å². The molecule has 0 spiro atoms. The van der Waals surface area contributed by atoms with E-state index in [4.69, 9.17) is 0 Å². The largest absolute Gasteiger partial charge is 0.324 e. The molecular formula is C10H12N4O. The van der Waals surface area contributed by atoms with E-state index >= 15 is 0 Å². The topological polar surface area (TPSA) is 59.8 Å². The van der Waals surface area contributed by atoms with Crippen LogP contribution < -0.4 is 5.32 Å². The van der Waals surface area contributed by atoms with Crippen molar-refractivity contribution >= 4 is 5.91 Å². The molecule has 0 unspecified atom stereocenters. The van der Waals surface area contributed by atoms with Gasteiger partial charge >= 0.3 is 0 Å². The lowest BCUT2D eigenvalue weighted by atomic mass is 10.3. The molecule has 0 aliphatic heterocycles. The third-order valence-electron chi connectivity index (χ3n) is 1.55. The molecule has 0 radical (unpaired) electrons. The van der Waals surface area contributed by atoms with Crippen LogP contribution in [-0.2, 0) is 11.3 Å². The zero-order chi connectivity index (χ0) is 11.1. The fraction of sp³-hybridized carbons (Fsp3) is 0.100. The van der Waals surface area contributed by atoms with Gasteiger partial charge in [-0.2, -0.15) is 15.0 Å². The molecule has 0 fully saturated rings. The maximum atomic E-state index is 11.4. The van der Waals surface area contributed by atoms with Gasteiger partial charge in [-0.3, -0.25) is 4.79 Å². The monoisotopic (exact) mass is 204 g/mol. The number of nitrogens with zero attached hydrogens (tertiary/aromatic N) is 3. The molecule has 0 atom stereocenters. The Bertz CT molecular complexity index is 378. The fourth-order valence-corrected chi connectivity index (χ4v) is 0.942. The van der Waals surface area contributed by atoms with Crippen molar-refractivity contribution in [2.45, 2.75) is 6.54 Å². The Morgan fingerprint density at radius 1 is 1.40 bits per heavy atom. The summed E-state index contributed by atoms with van der Waals surface area (Å²) in [6.07, 6.45) is 7.80. The quantitative estimate of drug-likeness (QED) is 0.716. The lowest BCUT2D eigenvalue weighted by Crippen LogP contribution is -2.27.